The lowest BCUT2D eigenvalue weighted by molar-refractivity contribution is -0.119. The van der Waals surface area contributed by atoms with Crippen LogP contribution in [0.5, 0.6) is 5.75 Å². The Kier molecular flexibility index (Phi) is 6.93. The van der Waals surface area contributed by atoms with Gasteiger partial charge in [0.05, 0.1) is 24.0 Å². The maximum atomic E-state index is 12.5. The minimum atomic E-state index is -3.84. The molecule has 0 spiro atoms. The molecule has 1 aromatic heterocycles. The zero-order chi connectivity index (χ0) is 22.4. The van der Waals surface area contributed by atoms with Crippen LogP contribution in [0, 0.1) is 6.92 Å². The first kappa shape index (κ1) is 22.3. The number of benzene rings is 2. The van der Waals surface area contributed by atoms with Gasteiger partial charge in [0.1, 0.15) is 9.96 Å². The van der Waals surface area contributed by atoms with Gasteiger partial charge in [-0.05, 0) is 48.2 Å². The molecule has 0 bridgehead atoms. The van der Waals surface area contributed by atoms with E-state index in [1.165, 1.54) is 25.3 Å². The molecule has 0 atom stereocenters. The van der Waals surface area contributed by atoms with Gasteiger partial charge in [0.2, 0.25) is 0 Å². The van der Waals surface area contributed by atoms with Crippen molar-refractivity contribution in [2.75, 3.05) is 23.8 Å². The van der Waals surface area contributed by atoms with Crippen molar-refractivity contribution in [1.82, 2.24) is 0 Å². The highest BCUT2D eigenvalue weighted by molar-refractivity contribution is 7.94. The topological polar surface area (TPSA) is 111 Å². The van der Waals surface area contributed by atoms with Crippen LogP contribution >= 0.6 is 11.3 Å². The summed E-state index contributed by atoms with van der Waals surface area (Å²) in [5.74, 6) is -0.927. The summed E-state index contributed by atoms with van der Waals surface area (Å²) in [5, 5.41) is 4.26. The molecular formula is C21H20N2O6S2. The lowest BCUT2D eigenvalue weighted by Crippen LogP contribution is -2.22. The molecule has 1 amide bonds. The van der Waals surface area contributed by atoms with Crippen molar-refractivity contribution in [3.8, 4) is 5.75 Å². The Bertz CT molecular complexity index is 1190. The molecule has 0 fully saturated rings. The van der Waals surface area contributed by atoms with Crippen LogP contribution in [0.25, 0.3) is 0 Å². The van der Waals surface area contributed by atoms with Crippen LogP contribution in [0.3, 0.4) is 0 Å². The fraction of sp³-hybridized carbons (Fsp3) is 0.143. The third-order valence-corrected chi connectivity index (χ3v) is 6.88. The number of hydrogen-bond acceptors (Lipinski definition) is 7. The zero-order valence-corrected chi connectivity index (χ0v) is 18.4. The fourth-order valence-electron chi connectivity index (χ4n) is 2.68. The van der Waals surface area contributed by atoms with Gasteiger partial charge in [-0.25, -0.2) is 13.2 Å². The summed E-state index contributed by atoms with van der Waals surface area (Å²) in [6, 6.07) is 14.4. The second-order valence-corrected chi connectivity index (χ2v) is 9.27. The molecule has 1 heterocycles. The summed E-state index contributed by atoms with van der Waals surface area (Å²) >= 11 is 1.05. The zero-order valence-electron chi connectivity index (χ0n) is 16.7. The van der Waals surface area contributed by atoms with Gasteiger partial charge >= 0.3 is 5.97 Å². The number of nitrogens with one attached hydrogen (secondary N) is 2. The summed E-state index contributed by atoms with van der Waals surface area (Å²) in [6.07, 6.45) is 0. The smallest absolute Gasteiger partial charge is 0.340 e. The molecule has 2 N–H and O–H groups in total. The molecular weight excluding hydrogens is 440 g/mol. The maximum Gasteiger partial charge on any atom is 0.340 e. The highest BCUT2D eigenvalue weighted by Gasteiger charge is 2.20. The molecule has 0 aliphatic heterocycles. The van der Waals surface area contributed by atoms with Gasteiger partial charge in [-0.1, -0.05) is 24.3 Å². The van der Waals surface area contributed by atoms with Gasteiger partial charge in [0.25, 0.3) is 15.9 Å². The lowest BCUT2D eigenvalue weighted by atomic mass is 10.2. The van der Waals surface area contributed by atoms with Crippen molar-refractivity contribution in [1.29, 1.82) is 0 Å². The van der Waals surface area contributed by atoms with Crippen LogP contribution in [0.1, 0.15) is 15.9 Å². The Morgan fingerprint density at radius 3 is 2.52 bits per heavy atom. The van der Waals surface area contributed by atoms with Crippen LogP contribution in [-0.2, 0) is 19.6 Å². The predicted octanol–water partition coefficient (Wildman–Crippen LogP) is 3.66. The first-order chi connectivity index (χ1) is 14.8. The number of rotatable bonds is 8. The molecule has 31 heavy (non-hydrogen) atoms. The lowest BCUT2D eigenvalue weighted by Gasteiger charge is -2.13. The molecule has 0 radical (unpaired) electrons. The highest BCUT2D eigenvalue weighted by Crippen LogP contribution is 2.26. The van der Waals surface area contributed by atoms with E-state index in [2.05, 4.69) is 10.0 Å². The van der Waals surface area contributed by atoms with E-state index in [9.17, 15) is 18.0 Å². The minimum absolute atomic E-state index is 0.0106. The molecule has 3 aromatic rings. The number of anilines is 2. The van der Waals surface area contributed by atoms with Gasteiger partial charge in [0, 0.05) is 0 Å². The number of methoxy groups -OCH3 is 1. The first-order valence-electron chi connectivity index (χ1n) is 9.07. The van der Waals surface area contributed by atoms with Crippen molar-refractivity contribution >= 4 is 44.6 Å². The predicted molar refractivity (Wildman–Crippen MR) is 118 cm³/mol. The van der Waals surface area contributed by atoms with E-state index in [1.54, 1.807) is 35.7 Å². The summed E-state index contributed by atoms with van der Waals surface area (Å²) < 4.78 is 37.7. The second kappa shape index (κ2) is 9.63. The van der Waals surface area contributed by atoms with Crippen molar-refractivity contribution in [3.63, 3.8) is 0 Å². The Balaban J connectivity index is 1.68. The number of thiophene rings is 1. The molecule has 0 aliphatic carbocycles. The third-order valence-electron chi connectivity index (χ3n) is 4.11. The van der Waals surface area contributed by atoms with E-state index < -0.39 is 28.5 Å². The van der Waals surface area contributed by atoms with Crippen LogP contribution in [0.15, 0.2) is 64.2 Å². The van der Waals surface area contributed by atoms with Crippen LogP contribution < -0.4 is 14.8 Å². The van der Waals surface area contributed by atoms with Gasteiger partial charge in [-0.3, -0.25) is 9.52 Å². The van der Waals surface area contributed by atoms with E-state index in [1.807, 2.05) is 13.0 Å². The monoisotopic (exact) mass is 460 g/mol. The average molecular weight is 461 g/mol. The second-order valence-electron chi connectivity index (χ2n) is 6.41. The molecule has 8 nitrogen and oxygen atoms in total. The largest absolute Gasteiger partial charge is 0.495 e. The number of amides is 1. The molecule has 0 saturated carbocycles. The molecule has 2 aromatic carbocycles. The van der Waals surface area contributed by atoms with E-state index in [-0.39, 0.29) is 15.5 Å². The molecule has 0 unspecified atom stereocenters. The summed E-state index contributed by atoms with van der Waals surface area (Å²) in [7, 11) is -2.36. The van der Waals surface area contributed by atoms with Crippen molar-refractivity contribution in [2.24, 2.45) is 0 Å². The number of aryl methyl sites for hydroxylation is 1. The number of carbonyl (C=O) groups is 2. The number of ether oxygens (including phenoxy) is 2. The number of esters is 1. The van der Waals surface area contributed by atoms with Crippen molar-refractivity contribution < 1.29 is 27.5 Å². The number of carbonyl (C=O) groups excluding carboxylic acids is 2. The van der Waals surface area contributed by atoms with E-state index in [4.69, 9.17) is 9.47 Å². The van der Waals surface area contributed by atoms with Gasteiger partial charge in [0.15, 0.2) is 6.61 Å². The molecule has 10 heteroatoms. The highest BCUT2D eigenvalue weighted by atomic mass is 32.2. The average Bonchev–Trinajstić information content (AvgIpc) is 3.28. The quantitative estimate of drug-likeness (QED) is 0.497. The Hall–Kier alpha value is -3.37. The SMILES string of the molecule is COc1ccc(C)cc1NC(=O)COC(=O)c1ccccc1NS(=O)(=O)c1cccs1. The standard InChI is InChI=1S/C21H20N2O6S2/c1-14-9-10-18(28-2)17(12-14)22-19(24)13-29-21(25)15-6-3-4-7-16(15)23-31(26,27)20-8-5-11-30-20/h3-12,23H,13H2,1-2H3,(H,22,24). The number of sulfonamides is 1. The summed E-state index contributed by atoms with van der Waals surface area (Å²) in [6.45, 7) is 1.31. The molecule has 162 valence electrons. The Morgan fingerprint density at radius 1 is 1.03 bits per heavy atom. The van der Waals surface area contributed by atoms with Gasteiger partial charge in [-0.15, -0.1) is 11.3 Å². The van der Waals surface area contributed by atoms with Crippen molar-refractivity contribution in [3.05, 3.63) is 71.1 Å². The van der Waals surface area contributed by atoms with Crippen LogP contribution in [-0.4, -0.2) is 34.0 Å². The molecule has 0 aliphatic rings. The minimum Gasteiger partial charge on any atom is -0.495 e. The summed E-state index contributed by atoms with van der Waals surface area (Å²) in [4.78, 5) is 24.8. The van der Waals surface area contributed by atoms with E-state index in [0.29, 0.717) is 11.4 Å². The number of hydrogen-bond donors (Lipinski definition) is 2. The fourth-order valence-corrected chi connectivity index (χ4v) is 4.75. The number of para-hydroxylation sites is 1. The van der Waals surface area contributed by atoms with Gasteiger partial charge in [-0.2, -0.15) is 0 Å². The van der Waals surface area contributed by atoms with Crippen molar-refractivity contribution in [2.45, 2.75) is 11.1 Å². The normalized spacial score (nSPS) is 10.9. The van der Waals surface area contributed by atoms with E-state index >= 15 is 0 Å². The Morgan fingerprint density at radius 2 is 1.81 bits per heavy atom. The van der Waals surface area contributed by atoms with E-state index in [0.717, 1.165) is 16.9 Å². The maximum absolute atomic E-state index is 12.5. The Labute approximate surface area is 183 Å². The van der Waals surface area contributed by atoms with Crippen LogP contribution in [0.4, 0.5) is 11.4 Å². The first-order valence-corrected chi connectivity index (χ1v) is 11.4. The third kappa shape index (κ3) is 5.62. The molecule has 3 rings (SSSR count). The van der Waals surface area contributed by atoms with Gasteiger partial charge < -0.3 is 14.8 Å². The molecule has 0 saturated heterocycles. The van der Waals surface area contributed by atoms with Crippen LogP contribution in [0.2, 0.25) is 0 Å². The summed E-state index contributed by atoms with van der Waals surface area (Å²) in [5.41, 5.74) is 1.41.